The van der Waals surface area contributed by atoms with E-state index in [9.17, 15) is 0 Å². The highest BCUT2D eigenvalue weighted by molar-refractivity contribution is 5.12. The lowest BCUT2D eigenvalue weighted by atomic mass is 9.95. The molecule has 4 nitrogen and oxygen atoms in total. The first-order valence-corrected chi connectivity index (χ1v) is 5.87. The van der Waals surface area contributed by atoms with Gasteiger partial charge in [0.2, 0.25) is 0 Å². The summed E-state index contributed by atoms with van der Waals surface area (Å²) in [6.45, 7) is 10.2. The predicted octanol–water partition coefficient (Wildman–Crippen LogP) is 1.98. The van der Waals surface area contributed by atoms with E-state index in [-0.39, 0.29) is 11.6 Å². The van der Waals surface area contributed by atoms with Crippen molar-refractivity contribution in [2.75, 3.05) is 13.7 Å². The van der Waals surface area contributed by atoms with Gasteiger partial charge in [0.15, 0.2) is 0 Å². The molecule has 0 fully saturated rings. The van der Waals surface area contributed by atoms with Crippen LogP contribution in [0.4, 0.5) is 0 Å². The quantitative estimate of drug-likeness (QED) is 0.804. The van der Waals surface area contributed by atoms with Crippen LogP contribution < -0.4 is 5.32 Å². The van der Waals surface area contributed by atoms with Gasteiger partial charge >= 0.3 is 0 Å². The van der Waals surface area contributed by atoms with E-state index >= 15 is 0 Å². The summed E-state index contributed by atoms with van der Waals surface area (Å²) >= 11 is 0. The van der Waals surface area contributed by atoms with Crippen molar-refractivity contribution < 1.29 is 4.74 Å². The maximum atomic E-state index is 5.57. The molecule has 0 saturated carbocycles. The normalized spacial score (nSPS) is 14.1. The minimum Gasteiger partial charge on any atom is -0.377 e. The summed E-state index contributed by atoms with van der Waals surface area (Å²) in [5.74, 6) is 0. The number of rotatable bonds is 6. The van der Waals surface area contributed by atoms with Crippen molar-refractivity contribution in [1.29, 1.82) is 0 Å². The Morgan fingerprint density at radius 2 is 2.19 bits per heavy atom. The SMILES string of the molecule is CCNC(c1ccnn1CC)C(C)(C)OC. The molecule has 4 heteroatoms. The molecule has 0 saturated heterocycles. The third kappa shape index (κ3) is 2.62. The van der Waals surface area contributed by atoms with Crippen LogP contribution in [0.1, 0.15) is 39.4 Å². The second-order valence-corrected chi connectivity index (χ2v) is 4.37. The van der Waals surface area contributed by atoms with Gasteiger partial charge in [0.1, 0.15) is 0 Å². The standard InChI is InChI=1S/C12H23N3O/c1-6-13-11(12(3,4)16-5)10-8-9-14-15(10)7-2/h8-9,11,13H,6-7H2,1-5H3. The molecule has 0 amide bonds. The molecule has 1 atom stereocenters. The average Bonchev–Trinajstić information content (AvgIpc) is 2.73. The molecule has 0 aromatic carbocycles. The lowest BCUT2D eigenvalue weighted by molar-refractivity contribution is -0.0130. The number of aromatic nitrogens is 2. The van der Waals surface area contributed by atoms with E-state index in [2.05, 4.69) is 44.2 Å². The molecule has 0 aliphatic carbocycles. The Balaban J connectivity index is 3.02. The zero-order valence-corrected chi connectivity index (χ0v) is 10.9. The van der Waals surface area contributed by atoms with Crippen molar-refractivity contribution >= 4 is 0 Å². The van der Waals surface area contributed by atoms with Gasteiger partial charge in [-0.1, -0.05) is 6.92 Å². The Hall–Kier alpha value is -0.870. The molecule has 1 aromatic rings. The zero-order valence-electron chi connectivity index (χ0n) is 10.9. The van der Waals surface area contributed by atoms with E-state index in [1.807, 2.05) is 10.9 Å². The molecule has 0 aliphatic rings. The number of nitrogens with one attached hydrogen (secondary N) is 1. The number of aryl methyl sites for hydroxylation is 1. The Kier molecular flexibility index (Phi) is 4.50. The maximum absolute atomic E-state index is 5.57. The van der Waals surface area contributed by atoms with Crippen LogP contribution in [0.3, 0.4) is 0 Å². The van der Waals surface area contributed by atoms with Crippen molar-refractivity contribution in [2.24, 2.45) is 0 Å². The third-order valence-electron chi connectivity index (χ3n) is 2.97. The number of methoxy groups -OCH3 is 1. The van der Waals surface area contributed by atoms with E-state index in [0.717, 1.165) is 13.1 Å². The van der Waals surface area contributed by atoms with E-state index in [1.54, 1.807) is 7.11 Å². The van der Waals surface area contributed by atoms with E-state index in [1.165, 1.54) is 5.69 Å². The van der Waals surface area contributed by atoms with E-state index in [4.69, 9.17) is 4.74 Å². The molecular formula is C12H23N3O. The van der Waals surface area contributed by atoms with Gasteiger partial charge in [-0.2, -0.15) is 5.10 Å². The fourth-order valence-corrected chi connectivity index (χ4v) is 1.88. The Morgan fingerprint density at radius 1 is 1.50 bits per heavy atom. The number of likely N-dealkylation sites (N-methyl/N-ethyl adjacent to an activating group) is 1. The second-order valence-electron chi connectivity index (χ2n) is 4.37. The van der Waals surface area contributed by atoms with Gasteiger partial charge in [-0.15, -0.1) is 0 Å². The summed E-state index contributed by atoms with van der Waals surface area (Å²) in [4.78, 5) is 0. The monoisotopic (exact) mass is 225 g/mol. The minimum atomic E-state index is -0.247. The predicted molar refractivity (Wildman–Crippen MR) is 65.4 cm³/mol. The number of ether oxygens (including phenoxy) is 1. The average molecular weight is 225 g/mol. The van der Waals surface area contributed by atoms with Gasteiger partial charge in [0.25, 0.3) is 0 Å². The zero-order chi connectivity index (χ0) is 12.2. The van der Waals surface area contributed by atoms with Gasteiger partial charge in [-0.3, -0.25) is 4.68 Å². The largest absolute Gasteiger partial charge is 0.377 e. The highest BCUT2D eigenvalue weighted by atomic mass is 16.5. The first-order valence-electron chi connectivity index (χ1n) is 5.87. The van der Waals surface area contributed by atoms with Crippen LogP contribution in [0, 0.1) is 0 Å². The third-order valence-corrected chi connectivity index (χ3v) is 2.97. The molecule has 1 rings (SSSR count). The summed E-state index contributed by atoms with van der Waals surface area (Å²) in [6.07, 6.45) is 1.84. The van der Waals surface area contributed by atoms with Gasteiger partial charge in [0.05, 0.1) is 17.3 Å². The molecule has 1 heterocycles. The molecule has 1 aromatic heterocycles. The molecule has 0 aliphatic heterocycles. The fraction of sp³-hybridized carbons (Fsp3) is 0.750. The Bertz CT molecular complexity index is 320. The van der Waals surface area contributed by atoms with Crippen LogP contribution in [0.25, 0.3) is 0 Å². The van der Waals surface area contributed by atoms with Crippen molar-refractivity contribution in [2.45, 2.75) is 45.9 Å². The van der Waals surface area contributed by atoms with Crippen molar-refractivity contribution in [3.63, 3.8) is 0 Å². The lowest BCUT2D eigenvalue weighted by Gasteiger charge is -2.34. The molecule has 0 spiro atoms. The minimum absolute atomic E-state index is 0.157. The molecule has 0 bridgehead atoms. The van der Waals surface area contributed by atoms with Crippen LogP contribution in [0.15, 0.2) is 12.3 Å². The van der Waals surface area contributed by atoms with Crippen LogP contribution in [0.5, 0.6) is 0 Å². The van der Waals surface area contributed by atoms with Gasteiger partial charge < -0.3 is 10.1 Å². The van der Waals surface area contributed by atoms with Gasteiger partial charge in [-0.25, -0.2) is 0 Å². The molecule has 1 unspecified atom stereocenters. The van der Waals surface area contributed by atoms with Gasteiger partial charge in [0, 0.05) is 19.9 Å². The molecule has 1 N–H and O–H groups in total. The summed E-state index contributed by atoms with van der Waals surface area (Å²) in [6, 6.07) is 2.21. The number of nitrogens with zero attached hydrogens (tertiary/aromatic N) is 2. The first-order chi connectivity index (χ1) is 7.56. The number of hydrogen-bond donors (Lipinski definition) is 1. The second kappa shape index (κ2) is 5.46. The lowest BCUT2D eigenvalue weighted by Crippen LogP contribution is -2.42. The first kappa shape index (κ1) is 13.2. The topological polar surface area (TPSA) is 39.1 Å². The van der Waals surface area contributed by atoms with E-state index < -0.39 is 0 Å². The Labute approximate surface area is 98.0 Å². The summed E-state index contributed by atoms with van der Waals surface area (Å²) < 4.78 is 7.58. The highest BCUT2D eigenvalue weighted by Crippen LogP contribution is 2.28. The van der Waals surface area contributed by atoms with Crippen LogP contribution in [-0.2, 0) is 11.3 Å². The van der Waals surface area contributed by atoms with Crippen molar-refractivity contribution in [1.82, 2.24) is 15.1 Å². The van der Waals surface area contributed by atoms with Crippen LogP contribution in [0.2, 0.25) is 0 Å². The highest BCUT2D eigenvalue weighted by Gasteiger charge is 2.32. The van der Waals surface area contributed by atoms with Crippen molar-refractivity contribution in [3.8, 4) is 0 Å². The molecule has 16 heavy (non-hydrogen) atoms. The van der Waals surface area contributed by atoms with Gasteiger partial charge in [-0.05, 0) is 33.4 Å². The Morgan fingerprint density at radius 3 is 2.69 bits per heavy atom. The van der Waals surface area contributed by atoms with Crippen LogP contribution in [-0.4, -0.2) is 29.0 Å². The summed E-state index contributed by atoms with van der Waals surface area (Å²) in [7, 11) is 1.75. The molecule has 0 radical (unpaired) electrons. The van der Waals surface area contributed by atoms with E-state index in [0.29, 0.717) is 0 Å². The van der Waals surface area contributed by atoms with Crippen molar-refractivity contribution in [3.05, 3.63) is 18.0 Å². The number of hydrogen-bond acceptors (Lipinski definition) is 3. The molecular weight excluding hydrogens is 202 g/mol. The maximum Gasteiger partial charge on any atom is 0.0831 e. The van der Waals surface area contributed by atoms with Crippen LogP contribution >= 0.6 is 0 Å². The smallest absolute Gasteiger partial charge is 0.0831 e. The molecule has 92 valence electrons. The fourth-order valence-electron chi connectivity index (χ4n) is 1.88. The summed E-state index contributed by atoms with van der Waals surface area (Å²) in [5, 5.41) is 7.77. The summed E-state index contributed by atoms with van der Waals surface area (Å²) in [5.41, 5.74) is 0.930.